The maximum Gasteiger partial charge on any atom is 0.126 e. The highest BCUT2D eigenvalue weighted by Crippen LogP contribution is 2.63. The fraction of sp³-hybridized carbons (Fsp3) is 0.545. The van der Waals surface area contributed by atoms with E-state index in [1.165, 1.54) is 18.3 Å². The predicted molar refractivity (Wildman–Crippen MR) is 53.3 cm³/mol. The van der Waals surface area contributed by atoms with Crippen molar-refractivity contribution in [3.8, 4) is 0 Å². The lowest BCUT2D eigenvalue weighted by atomic mass is 10.1. The smallest absolute Gasteiger partial charge is 0.126 e. The highest BCUT2D eigenvalue weighted by Gasteiger charge is 2.58. The van der Waals surface area contributed by atoms with Gasteiger partial charge in [-0.05, 0) is 30.0 Å². The lowest BCUT2D eigenvalue weighted by molar-refractivity contribution is 0.556. The van der Waals surface area contributed by atoms with E-state index < -0.39 is 0 Å². The SMILES string of the molecule is CC1(C)[C@@H](CN)[C@@H]1c1cc(F)ccn1. The first-order valence-corrected chi connectivity index (χ1v) is 4.89. The molecule has 14 heavy (non-hydrogen) atoms. The molecule has 2 rings (SSSR count). The Kier molecular flexibility index (Phi) is 2.07. The van der Waals surface area contributed by atoms with Crippen LogP contribution in [0.15, 0.2) is 18.3 Å². The maximum absolute atomic E-state index is 13.0. The monoisotopic (exact) mass is 194 g/mol. The van der Waals surface area contributed by atoms with Gasteiger partial charge in [0.2, 0.25) is 0 Å². The number of rotatable bonds is 2. The average Bonchev–Trinajstić information content (AvgIpc) is 2.68. The molecule has 76 valence electrons. The normalized spacial score (nSPS) is 28.9. The van der Waals surface area contributed by atoms with Crippen molar-refractivity contribution >= 4 is 0 Å². The first kappa shape index (κ1) is 9.59. The lowest BCUT2D eigenvalue weighted by Gasteiger charge is -2.01. The third kappa shape index (κ3) is 1.32. The number of hydrogen-bond donors (Lipinski definition) is 1. The summed E-state index contributed by atoms with van der Waals surface area (Å²) in [7, 11) is 0. The largest absolute Gasteiger partial charge is 0.330 e. The Balaban J connectivity index is 2.26. The van der Waals surface area contributed by atoms with Gasteiger partial charge >= 0.3 is 0 Å². The Labute approximate surface area is 83.3 Å². The first-order valence-electron chi connectivity index (χ1n) is 4.89. The van der Waals surface area contributed by atoms with Crippen LogP contribution in [0.2, 0.25) is 0 Å². The molecule has 1 aliphatic rings. The molecule has 1 fully saturated rings. The second-order valence-electron chi connectivity index (χ2n) is 4.54. The van der Waals surface area contributed by atoms with Crippen molar-refractivity contribution in [3.63, 3.8) is 0 Å². The number of nitrogens with zero attached hydrogens (tertiary/aromatic N) is 1. The van der Waals surface area contributed by atoms with Crippen molar-refractivity contribution in [1.29, 1.82) is 0 Å². The zero-order chi connectivity index (χ0) is 10.3. The minimum Gasteiger partial charge on any atom is -0.330 e. The van der Waals surface area contributed by atoms with Crippen LogP contribution in [-0.4, -0.2) is 11.5 Å². The highest BCUT2D eigenvalue weighted by atomic mass is 19.1. The second kappa shape index (κ2) is 3.02. The zero-order valence-electron chi connectivity index (χ0n) is 8.50. The van der Waals surface area contributed by atoms with Crippen molar-refractivity contribution < 1.29 is 4.39 Å². The zero-order valence-corrected chi connectivity index (χ0v) is 8.50. The Morgan fingerprint density at radius 3 is 2.79 bits per heavy atom. The van der Waals surface area contributed by atoms with E-state index in [1.807, 2.05) is 0 Å². The molecule has 1 aromatic rings. The molecule has 0 spiro atoms. The fourth-order valence-corrected chi connectivity index (χ4v) is 2.36. The van der Waals surface area contributed by atoms with Crippen LogP contribution >= 0.6 is 0 Å². The van der Waals surface area contributed by atoms with Gasteiger partial charge in [-0.3, -0.25) is 4.98 Å². The van der Waals surface area contributed by atoms with E-state index >= 15 is 0 Å². The Morgan fingerprint density at radius 1 is 1.57 bits per heavy atom. The van der Waals surface area contributed by atoms with E-state index in [4.69, 9.17) is 5.73 Å². The summed E-state index contributed by atoms with van der Waals surface area (Å²) in [6.07, 6.45) is 1.52. The van der Waals surface area contributed by atoms with Crippen LogP contribution in [-0.2, 0) is 0 Å². The van der Waals surface area contributed by atoms with Gasteiger partial charge in [0.05, 0.1) is 0 Å². The summed E-state index contributed by atoms with van der Waals surface area (Å²) in [4.78, 5) is 4.20. The van der Waals surface area contributed by atoms with Crippen LogP contribution < -0.4 is 5.73 Å². The summed E-state index contributed by atoms with van der Waals surface area (Å²) in [5.74, 6) is 0.550. The number of halogens is 1. The molecule has 1 heterocycles. The number of nitrogens with two attached hydrogens (primary N) is 1. The van der Waals surface area contributed by atoms with Crippen LogP contribution in [0.4, 0.5) is 4.39 Å². The van der Waals surface area contributed by atoms with Crippen molar-refractivity contribution in [2.24, 2.45) is 17.1 Å². The van der Waals surface area contributed by atoms with Crippen LogP contribution in [0.1, 0.15) is 25.5 Å². The number of aromatic nitrogens is 1. The molecule has 2 nitrogen and oxygen atoms in total. The van der Waals surface area contributed by atoms with Gasteiger partial charge in [-0.2, -0.15) is 0 Å². The summed E-state index contributed by atoms with van der Waals surface area (Å²) in [6.45, 7) is 4.96. The van der Waals surface area contributed by atoms with Crippen LogP contribution in [0.5, 0.6) is 0 Å². The third-order valence-corrected chi connectivity index (χ3v) is 3.37. The van der Waals surface area contributed by atoms with E-state index in [9.17, 15) is 4.39 Å². The van der Waals surface area contributed by atoms with E-state index in [1.54, 1.807) is 0 Å². The van der Waals surface area contributed by atoms with E-state index in [0.29, 0.717) is 18.4 Å². The van der Waals surface area contributed by atoms with Gasteiger partial charge in [0.1, 0.15) is 5.82 Å². The Morgan fingerprint density at radius 2 is 2.29 bits per heavy atom. The number of hydrogen-bond acceptors (Lipinski definition) is 2. The van der Waals surface area contributed by atoms with Gasteiger partial charge in [0, 0.05) is 17.8 Å². The summed E-state index contributed by atoms with van der Waals surface area (Å²) in [5, 5.41) is 0. The molecule has 0 saturated heterocycles. The molecule has 3 heteroatoms. The fourth-order valence-electron chi connectivity index (χ4n) is 2.36. The molecule has 0 amide bonds. The van der Waals surface area contributed by atoms with E-state index in [-0.39, 0.29) is 11.2 Å². The van der Waals surface area contributed by atoms with Crippen molar-refractivity contribution in [3.05, 3.63) is 29.8 Å². The minimum absolute atomic E-state index is 0.176. The van der Waals surface area contributed by atoms with Crippen molar-refractivity contribution in [2.45, 2.75) is 19.8 Å². The number of pyridine rings is 1. The molecular weight excluding hydrogens is 179 g/mol. The molecule has 0 aromatic carbocycles. The molecule has 0 radical (unpaired) electrons. The Hall–Kier alpha value is -0.960. The van der Waals surface area contributed by atoms with Crippen LogP contribution in [0.25, 0.3) is 0 Å². The molecule has 0 bridgehead atoms. The van der Waals surface area contributed by atoms with Gasteiger partial charge < -0.3 is 5.73 Å². The molecule has 2 N–H and O–H groups in total. The summed E-state index contributed by atoms with van der Waals surface area (Å²) >= 11 is 0. The second-order valence-corrected chi connectivity index (χ2v) is 4.54. The van der Waals surface area contributed by atoms with Crippen LogP contribution in [0, 0.1) is 17.2 Å². The van der Waals surface area contributed by atoms with Gasteiger partial charge in [-0.25, -0.2) is 4.39 Å². The van der Waals surface area contributed by atoms with Gasteiger partial charge in [0.25, 0.3) is 0 Å². The predicted octanol–water partition coefficient (Wildman–Crippen LogP) is 1.92. The van der Waals surface area contributed by atoms with Gasteiger partial charge in [0.15, 0.2) is 0 Å². The summed E-state index contributed by atoms with van der Waals surface area (Å²) in [6, 6.07) is 2.89. The molecule has 1 saturated carbocycles. The summed E-state index contributed by atoms with van der Waals surface area (Å²) < 4.78 is 13.0. The first-order chi connectivity index (χ1) is 6.57. The molecular formula is C11H15FN2. The minimum atomic E-state index is -0.214. The Bertz CT molecular complexity index is 349. The van der Waals surface area contributed by atoms with Gasteiger partial charge in [-0.1, -0.05) is 13.8 Å². The standard InChI is InChI=1S/C11H15FN2/c1-11(2)8(6-13)10(11)9-5-7(12)3-4-14-9/h3-5,8,10H,6,13H2,1-2H3/t8-,10+/m0/s1. The topological polar surface area (TPSA) is 38.9 Å². The third-order valence-electron chi connectivity index (χ3n) is 3.37. The average molecular weight is 194 g/mol. The molecule has 0 aliphatic heterocycles. The van der Waals surface area contributed by atoms with Crippen molar-refractivity contribution in [1.82, 2.24) is 4.98 Å². The van der Waals surface area contributed by atoms with E-state index in [0.717, 1.165) is 5.69 Å². The highest BCUT2D eigenvalue weighted by molar-refractivity contribution is 5.26. The molecule has 1 aromatic heterocycles. The molecule has 0 unspecified atom stereocenters. The van der Waals surface area contributed by atoms with Crippen LogP contribution in [0.3, 0.4) is 0 Å². The maximum atomic E-state index is 13.0. The van der Waals surface area contributed by atoms with Gasteiger partial charge in [-0.15, -0.1) is 0 Å². The summed E-state index contributed by atoms with van der Waals surface area (Å²) in [5.41, 5.74) is 6.67. The van der Waals surface area contributed by atoms with Crippen molar-refractivity contribution in [2.75, 3.05) is 6.54 Å². The van der Waals surface area contributed by atoms with E-state index in [2.05, 4.69) is 18.8 Å². The quantitative estimate of drug-likeness (QED) is 0.781. The molecule has 2 atom stereocenters. The molecule has 1 aliphatic carbocycles. The lowest BCUT2D eigenvalue weighted by Crippen LogP contribution is -2.05.